The van der Waals surface area contributed by atoms with Gasteiger partial charge in [-0.05, 0) is 37.6 Å². The zero-order chi connectivity index (χ0) is 17.2. The molecule has 1 aromatic carbocycles. The molecule has 0 aliphatic rings. The summed E-state index contributed by atoms with van der Waals surface area (Å²) in [6.07, 6.45) is 4.85. The van der Waals surface area contributed by atoms with Gasteiger partial charge in [0.25, 0.3) is 0 Å². The molecule has 0 fully saturated rings. The zero-order valence-corrected chi connectivity index (χ0v) is 14.0. The van der Waals surface area contributed by atoms with Gasteiger partial charge in [0.2, 0.25) is 0 Å². The highest BCUT2D eigenvalue weighted by Gasteiger charge is 2.19. The highest BCUT2D eigenvalue weighted by Crippen LogP contribution is 2.13. The van der Waals surface area contributed by atoms with Gasteiger partial charge in [-0.25, -0.2) is 9.59 Å². The Morgan fingerprint density at radius 2 is 1.52 bits per heavy atom. The van der Waals surface area contributed by atoms with Gasteiger partial charge in [0.1, 0.15) is 5.57 Å². The van der Waals surface area contributed by atoms with Gasteiger partial charge in [0.15, 0.2) is 0 Å². The van der Waals surface area contributed by atoms with Crippen LogP contribution in [-0.4, -0.2) is 39.2 Å². The number of benzene rings is 1. The molecule has 5 nitrogen and oxygen atoms in total. The molecule has 0 atom stereocenters. The number of allylic oxidation sites excluding steroid dienone is 2. The van der Waals surface area contributed by atoms with Crippen molar-refractivity contribution in [3.8, 4) is 0 Å². The third-order valence-electron chi connectivity index (χ3n) is 2.95. The molecule has 0 amide bonds. The maximum Gasteiger partial charge on any atom is 0.345 e. The third-order valence-corrected chi connectivity index (χ3v) is 2.95. The summed E-state index contributed by atoms with van der Waals surface area (Å²) in [5, 5.41) is 0. The van der Waals surface area contributed by atoms with Gasteiger partial charge in [-0.15, -0.1) is 0 Å². The largest absolute Gasteiger partial charge is 0.462 e. The molecule has 0 aliphatic carbocycles. The summed E-state index contributed by atoms with van der Waals surface area (Å²) < 4.78 is 9.74. The Morgan fingerprint density at radius 3 is 1.96 bits per heavy atom. The quantitative estimate of drug-likeness (QED) is 0.254. The molecule has 0 heterocycles. The van der Waals surface area contributed by atoms with Crippen molar-refractivity contribution >= 4 is 23.7 Å². The standard InChI is InChI=1S/C18H23NO4/c1-5-22-17(20)16(18(21)23-6-2)9-7-8-14-10-12-15(13-11-14)19(3)4/h7-13H,5-6H2,1-4H3/b8-7+. The molecule has 0 spiro atoms. The van der Waals surface area contributed by atoms with Crippen molar-refractivity contribution in [2.45, 2.75) is 13.8 Å². The van der Waals surface area contributed by atoms with Crippen LogP contribution in [0.2, 0.25) is 0 Å². The summed E-state index contributed by atoms with van der Waals surface area (Å²) in [4.78, 5) is 25.6. The second-order valence-corrected chi connectivity index (χ2v) is 4.87. The molecule has 0 unspecified atom stereocenters. The van der Waals surface area contributed by atoms with Crippen molar-refractivity contribution < 1.29 is 19.1 Å². The van der Waals surface area contributed by atoms with Crippen LogP contribution in [-0.2, 0) is 19.1 Å². The number of anilines is 1. The first kappa shape index (κ1) is 18.5. The van der Waals surface area contributed by atoms with E-state index in [1.807, 2.05) is 43.3 Å². The summed E-state index contributed by atoms with van der Waals surface area (Å²) >= 11 is 0. The lowest BCUT2D eigenvalue weighted by molar-refractivity contribution is -0.146. The lowest BCUT2D eigenvalue weighted by atomic mass is 10.1. The van der Waals surface area contributed by atoms with Crippen LogP contribution in [0.5, 0.6) is 0 Å². The van der Waals surface area contributed by atoms with Gasteiger partial charge < -0.3 is 14.4 Å². The van der Waals surface area contributed by atoms with E-state index in [1.165, 1.54) is 6.08 Å². The van der Waals surface area contributed by atoms with Gasteiger partial charge >= 0.3 is 11.9 Å². The third kappa shape index (κ3) is 5.98. The van der Waals surface area contributed by atoms with E-state index in [1.54, 1.807) is 26.0 Å². The van der Waals surface area contributed by atoms with Crippen molar-refractivity contribution in [1.82, 2.24) is 0 Å². The van der Waals surface area contributed by atoms with E-state index in [0.717, 1.165) is 11.3 Å². The van der Waals surface area contributed by atoms with Gasteiger partial charge in [0, 0.05) is 19.8 Å². The number of ether oxygens (including phenoxy) is 2. The predicted molar refractivity (Wildman–Crippen MR) is 91.2 cm³/mol. The Hall–Kier alpha value is -2.56. The van der Waals surface area contributed by atoms with Crippen molar-refractivity contribution in [2.24, 2.45) is 0 Å². The van der Waals surface area contributed by atoms with Crippen molar-refractivity contribution in [3.05, 3.63) is 47.6 Å². The molecule has 1 rings (SSSR count). The van der Waals surface area contributed by atoms with Crippen LogP contribution in [0.15, 0.2) is 42.0 Å². The Morgan fingerprint density at radius 1 is 1.00 bits per heavy atom. The molecule has 23 heavy (non-hydrogen) atoms. The molecule has 0 N–H and O–H groups in total. The average Bonchev–Trinajstić information content (AvgIpc) is 2.52. The molecule has 0 saturated carbocycles. The number of carbonyl (C=O) groups excluding carboxylic acids is 2. The fourth-order valence-electron chi connectivity index (χ4n) is 1.78. The average molecular weight is 317 g/mol. The van der Waals surface area contributed by atoms with Crippen LogP contribution in [0.1, 0.15) is 19.4 Å². The zero-order valence-electron chi connectivity index (χ0n) is 14.0. The van der Waals surface area contributed by atoms with E-state index in [9.17, 15) is 9.59 Å². The SMILES string of the molecule is CCOC(=O)C(=C/C=C/c1ccc(N(C)C)cc1)C(=O)OCC. The van der Waals surface area contributed by atoms with Crippen LogP contribution in [0.25, 0.3) is 6.08 Å². The number of carbonyl (C=O) groups is 2. The summed E-state index contributed by atoms with van der Waals surface area (Å²) in [6, 6.07) is 7.88. The Balaban J connectivity index is 2.89. The first-order valence-corrected chi connectivity index (χ1v) is 7.49. The number of esters is 2. The maximum atomic E-state index is 11.8. The molecule has 1 aromatic rings. The normalized spacial score (nSPS) is 10.3. The van der Waals surface area contributed by atoms with E-state index in [2.05, 4.69) is 0 Å². The van der Waals surface area contributed by atoms with Gasteiger partial charge in [-0.2, -0.15) is 0 Å². The summed E-state index contributed by atoms with van der Waals surface area (Å²) in [7, 11) is 3.94. The van der Waals surface area contributed by atoms with Gasteiger partial charge in [-0.3, -0.25) is 0 Å². The second-order valence-electron chi connectivity index (χ2n) is 4.87. The highest BCUT2D eigenvalue weighted by atomic mass is 16.6. The topological polar surface area (TPSA) is 55.8 Å². The summed E-state index contributed by atoms with van der Waals surface area (Å²) in [5.41, 5.74) is 1.94. The number of rotatable bonds is 7. The molecular formula is C18H23NO4. The number of hydrogen-bond donors (Lipinski definition) is 0. The highest BCUT2D eigenvalue weighted by molar-refractivity contribution is 6.14. The van der Waals surface area contributed by atoms with Crippen molar-refractivity contribution in [1.29, 1.82) is 0 Å². The Kier molecular flexibility index (Phi) is 7.60. The van der Waals surface area contributed by atoms with Crippen LogP contribution in [0.4, 0.5) is 5.69 Å². The first-order chi connectivity index (χ1) is 11.0. The maximum absolute atomic E-state index is 11.8. The van der Waals surface area contributed by atoms with E-state index in [4.69, 9.17) is 9.47 Å². The monoisotopic (exact) mass is 317 g/mol. The van der Waals surface area contributed by atoms with E-state index >= 15 is 0 Å². The fraction of sp³-hybridized carbons (Fsp3) is 0.333. The van der Waals surface area contributed by atoms with E-state index in [-0.39, 0.29) is 18.8 Å². The van der Waals surface area contributed by atoms with E-state index in [0.29, 0.717) is 0 Å². The van der Waals surface area contributed by atoms with Crippen LogP contribution in [0.3, 0.4) is 0 Å². The van der Waals surface area contributed by atoms with Crippen molar-refractivity contribution in [3.63, 3.8) is 0 Å². The molecule has 0 bridgehead atoms. The molecule has 124 valence electrons. The van der Waals surface area contributed by atoms with Crippen LogP contribution in [0, 0.1) is 0 Å². The number of hydrogen-bond acceptors (Lipinski definition) is 5. The van der Waals surface area contributed by atoms with Gasteiger partial charge in [-0.1, -0.05) is 24.3 Å². The Bertz CT molecular complexity index is 566. The minimum atomic E-state index is -0.682. The summed E-state index contributed by atoms with van der Waals surface area (Å²) in [5.74, 6) is -1.36. The molecule has 0 aromatic heterocycles. The summed E-state index contributed by atoms with van der Waals surface area (Å²) in [6.45, 7) is 3.77. The molecule has 5 heteroatoms. The fourth-order valence-corrected chi connectivity index (χ4v) is 1.78. The predicted octanol–water partition coefficient (Wildman–Crippen LogP) is 2.82. The smallest absolute Gasteiger partial charge is 0.345 e. The Labute approximate surface area is 137 Å². The van der Waals surface area contributed by atoms with Gasteiger partial charge in [0.05, 0.1) is 13.2 Å². The second kappa shape index (κ2) is 9.46. The molecule has 0 saturated heterocycles. The van der Waals surface area contributed by atoms with Crippen LogP contribution >= 0.6 is 0 Å². The van der Waals surface area contributed by atoms with Crippen molar-refractivity contribution in [2.75, 3.05) is 32.2 Å². The lowest BCUT2D eigenvalue weighted by Crippen LogP contribution is -2.18. The van der Waals surface area contributed by atoms with Crippen LogP contribution < -0.4 is 4.90 Å². The molecule has 0 aliphatic heterocycles. The minimum absolute atomic E-state index is 0.116. The first-order valence-electron chi connectivity index (χ1n) is 7.49. The van der Waals surface area contributed by atoms with E-state index < -0.39 is 11.9 Å². The number of nitrogens with zero attached hydrogens (tertiary/aromatic N) is 1. The molecule has 0 radical (unpaired) electrons. The minimum Gasteiger partial charge on any atom is -0.462 e. The lowest BCUT2D eigenvalue weighted by Gasteiger charge is -2.11. The molecular weight excluding hydrogens is 294 g/mol.